The molecule has 1 aromatic rings. The van der Waals surface area contributed by atoms with Crippen LogP contribution in [0.4, 0.5) is 4.39 Å². The maximum atomic E-state index is 13.6. The molecule has 7 heteroatoms. The Kier molecular flexibility index (Phi) is 4.89. The Morgan fingerprint density at radius 2 is 1.96 bits per heavy atom. The van der Waals surface area contributed by atoms with Gasteiger partial charge in [-0.25, -0.2) is 4.39 Å². The van der Waals surface area contributed by atoms with Crippen LogP contribution in [0.15, 0.2) is 24.3 Å². The first-order valence-electron chi connectivity index (χ1n) is 7.86. The summed E-state index contributed by atoms with van der Waals surface area (Å²) >= 11 is 0. The number of rotatable bonds is 4. The molecule has 1 unspecified atom stereocenters. The lowest BCUT2D eigenvalue weighted by atomic mass is 9.81. The van der Waals surface area contributed by atoms with E-state index < -0.39 is 15.9 Å². The maximum Gasteiger partial charge on any atom is 0.309 e. The lowest BCUT2D eigenvalue weighted by Gasteiger charge is -2.43. The third-order valence-corrected chi connectivity index (χ3v) is 5.81. The van der Waals surface area contributed by atoms with Gasteiger partial charge in [0.25, 0.3) is 0 Å². The molecular formula is C16H21FO5S. The number of halogens is 1. The predicted octanol–water partition coefficient (Wildman–Crippen LogP) is 2.51. The Hall–Kier alpha value is -1.18. The Bertz CT molecular complexity index is 634. The fourth-order valence-electron chi connectivity index (χ4n) is 3.34. The summed E-state index contributed by atoms with van der Waals surface area (Å²) in [5.41, 5.74) is -0.269. The van der Waals surface area contributed by atoms with E-state index in [1.165, 1.54) is 18.2 Å². The Morgan fingerprint density at radius 3 is 2.70 bits per heavy atom. The van der Waals surface area contributed by atoms with Crippen LogP contribution >= 0.6 is 0 Å². The Morgan fingerprint density at radius 1 is 1.22 bits per heavy atom. The van der Waals surface area contributed by atoms with E-state index in [1.54, 1.807) is 6.07 Å². The molecule has 0 radical (unpaired) electrons. The normalized spacial score (nSPS) is 24.5. The van der Waals surface area contributed by atoms with E-state index >= 15 is 0 Å². The molecule has 128 valence electrons. The third kappa shape index (κ3) is 4.22. The van der Waals surface area contributed by atoms with E-state index in [0.717, 1.165) is 12.8 Å². The van der Waals surface area contributed by atoms with Crippen molar-refractivity contribution in [3.63, 3.8) is 0 Å². The van der Waals surface area contributed by atoms with Gasteiger partial charge in [-0.05, 0) is 43.7 Å². The second kappa shape index (κ2) is 6.75. The molecule has 2 fully saturated rings. The monoisotopic (exact) mass is 344 g/mol. The molecule has 0 amide bonds. The standard InChI is InChI=1S/C16H21FO5S/c17-14-3-1-2-4-15(14)22-23(18,19)12-13-5-8-21-16(11-13)6-9-20-10-7-16/h1-4,13H,5-12H2. The average Bonchev–Trinajstić information content (AvgIpc) is 2.50. The Labute approximate surface area is 135 Å². The van der Waals surface area contributed by atoms with Crippen molar-refractivity contribution in [1.82, 2.24) is 0 Å². The molecule has 0 saturated carbocycles. The van der Waals surface area contributed by atoms with Crippen LogP contribution in [0.1, 0.15) is 25.7 Å². The van der Waals surface area contributed by atoms with Gasteiger partial charge >= 0.3 is 10.1 Å². The maximum absolute atomic E-state index is 13.6. The zero-order valence-electron chi connectivity index (χ0n) is 12.9. The molecule has 0 aromatic heterocycles. The molecule has 1 spiro atoms. The molecule has 3 rings (SSSR count). The first-order chi connectivity index (χ1) is 11.0. The molecule has 0 aliphatic carbocycles. The second-order valence-corrected chi connectivity index (χ2v) is 7.86. The molecule has 0 N–H and O–H groups in total. The summed E-state index contributed by atoms with van der Waals surface area (Å²) < 4.78 is 54.3. The minimum Gasteiger partial charge on any atom is -0.381 e. The molecular weight excluding hydrogens is 323 g/mol. The molecule has 5 nitrogen and oxygen atoms in total. The largest absolute Gasteiger partial charge is 0.381 e. The minimum atomic E-state index is -3.84. The molecule has 2 aliphatic rings. The SMILES string of the molecule is O=S(=O)(CC1CCOC2(CCOCC2)C1)Oc1ccccc1F. The first kappa shape index (κ1) is 16.7. The molecule has 2 heterocycles. The van der Waals surface area contributed by atoms with E-state index in [-0.39, 0.29) is 23.0 Å². The lowest BCUT2D eigenvalue weighted by molar-refractivity contribution is -0.144. The van der Waals surface area contributed by atoms with Crippen molar-refractivity contribution < 1.29 is 26.5 Å². The van der Waals surface area contributed by atoms with Crippen molar-refractivity contribution >= 4 is 10.1 Å². The zero-order chi connectivity index (χ0) is 16.3. The van der Waals surface area contributed by atoms with E-state index in [4.69, 9.17) is 13.7 Å². The number of para-hydroxylation sites is 1. The van der Waals surface area contributed by atoms with Crippen molar-refractivity contribution in [3.05, 3.63) is 30.1 Å². The molecule has 2 saturated heterocycles. The van der Waals surface area contributed by atoms with Crippen molar-refractivity contribution in [2.45, 2.75) is 31.3 Å². The van der Waals surface area contributed by atoms with Gasteiger partial charge in [0.05, 0.1) is 11.4 Å². The van der Waals surface area contributed by atoms with Crippen LogP contribution in [0, 0.1) is 11.7 Å². The highest BCUT2D eigenvalue weighted by atomic mass is 32.2. The van der Waals surface area contributed by atoms with Gasteiger partial charge in [-0.1, -0.05) is 12.1 Å². The number of benzene rings is 1. The number of ether oxygens (including phenoxy) is 2. The van der Waals surface area contributed by atoms with Crippen LogP contribution in [-0.2, 0) is 19.6 Å². The molecule has 1 atom stereocenters. The van der Waals surface area contributed by atoms with Crippen LogP contribution in [0.3, 0.4) is 0 Å². The van der Waals surface area contributed by atoms with Crippen LogP contribution in [0.2, 0.25) is 0 Å². The molecule has 2 aliphatic heterocycles. The summed E-state index contributed by atoms with van der Waals surface area (Å²) in [4.78, 5) is 0. The van der Waals surface area contributed by atoms with Crippen LogP contribution in [-0.4, -0.2) is 39.6 Å². The van der Waals surface area contributed by atoms with Gasteiger partial charge in [-0.15, -0.1) is 0 Å². The smallest absolute Gasteiger partial charge is 0.309 e. The lowest BCUT2D eigenvalue weighted by Crippen LogP contribution is -2.45. The highest BCUT2D eigenvalue weighted by Gasteiger charge is 2.40. The molecule has 23 heavy (non-hydrogen) atoms. The highest BCUT2D eigenvalue weighted by molar-refractivity contribution is 7.87. The van der Waals surface area contributed by atoms with Gasteiger partial charge in [-0.2, -0.15) is 8.42 Å². The fraction of sp³-hybridized carbons (Fsp3) is 0.625. The topological polar surface area (TPSA) is 61.8 Å². The minimum absolute atomic E-state index is 0.0429. The molecule has 0 bridgehead atoms. The van der Waals surface area contributed by atoms with Crippen LogP contribution < -0.4 is 4.18 Å². The van der Waals surface area contributed by atoms with Gasteiger partial charge in [0.1, 0.15) is 0 Å². The number of hydrogen-bond donors (Lipinski definition) is 0. The summed E-state index contributed by atoms with van der Waals surface area (Å²) in [5, 5.41) is 0. The summed E-state index contributed by atoms with van der Waals surface area (Å²) in [5.74, 6) is -1.09. The van der Waals surface area contributed by atoms with Gasteiger partial charge in [0.15, 0.2) is 11.6 Å². The van der Waals surface area contributed by atoms with Crippen molar-refractivity contribution in [3.8, 4) is 5.75 Å². The van der Waals surface area contributed by atoms with E-state index in [0.29, 0.717) is 32.7 Å². The summed E-state index contributed by atoms with van der Waals surface area (Å²) in [6, 6.07) is 5.52. The summed E-state index contributed by atoms with van der Waals surface area (Å²) in [6.07, 6.45) is 2.92. The van der Waals surface area contributed by atoms with Crippen molar-refractivity contribution in [2.24, 2.45) is 5.92 Å². The third-order valence-electron chi connectivity index (χ3n) is 4.49. The predicted molar refractivity (Wildman–Crippen MR) is 82.3 cm³/mol. The van der Waals surface area contributed by atoms with E-state index in [9.17, 15) is 12.8 Å². The fourth-order valence-corrected chi connectivity index (χ4v) is 4.67. The van der Waals surface area contributed by atoms with Gasteiger partial charge in [-0.3, -0.25) is 0 Å². The van der Waals surface area contributed by atoms with Crippen molar-refractivity contribution in [2.75, 3.05) is 25.6 Å². The van der Waals surface area contributed by atoms with Crippen LogP contribution in [0.25, 0.3) is 0 Å². The summed E-state index contributed by atoms with van der Waals surface area (Å²) in [7, 11) is -3.84. The second-order valence-electron chi connectivity index (χ2n) is 6.24. The van der Waals surface area contributed by atoms with E-state index in [1.807, 2.05) is 0 Å². The summed E-state index contributed by atoms with van der Waals surface area (Å²) in [6.45, 7) is 1.83. The van der Waals surface area contributed by atoms with Crippen LogP contribution in [0.5, 0.6) is 5.75 Å². The quantitative estimate of drug-likeness (QED) is 0.786. The van der Waals surface area contributed by atoms with Crippen molar-refractivity contribution in [1.29, 1.82) is 0 Å². The Balaban J connectivity index is 1.64. The highest BCUT2D eigenvalue weighted by Crippen LogP contribution is 2.37. The van der Waals surface area contributed by atoms with E-state index in [2.05, 4.69) is 0 Å². The average molecular weight is 344 g/mol. The number of hydrogen-bond acceptors (Lipinski definition) is 5. The van der Waals surface area contributed by atoms with Gasteiger partial charge in [0, 0.05) is 19.8 Å². The molecule has 1 aromatic carbocycles. The zero-order valence-corrected chi connectivity index (χ0v) is 13.7. The van der Waals surface area contributed by atoms with Gasteiger partial charge in [0.2, 0.25) is 0 Å². The van der Waals surface area contributed by atoms with Gasteiger partial charge < -0.3 is 13.7 Å². The first-order valence-corrected chi connectivity index (χ1v) is 9.44.